The number of nitrogens with one attached hydrogen (secondary N) is 2. The van der Waals surface area contributed by atoms with Gasteiger partial charge in [-0.05, 0) is 62.1 Å². The van der Waals surface area contributed by atoms with Gasteiger partial charge in [-0.25, -0.2) is 8.42 Å². The average molecular weight is 449 g/mol. The molecule has 1 aliphatic carbocycles. The van der Waals surface area contributed by atoms with Crippen LogP contribution in [0.1, 0.15) is 66.4 Å². The Bertz CT molecular complexity index is 1010. The molecule has 2 aromatic carbocycles. The topological polar surface area (TPSA) is 75.3 Å². The van der Waals surface area contributed by atoms with Gasteiger partial charge in [0.2, 0.25) is 0 Å². The standard InChI is InChI=1S/C23H29ClN2O3S/c1-16-10-11-17(2)21(14-16)26-30(28,29)22-15-18(12-13-20(22)24)23(27)25-19-8-6-4-3-5-7-9-19/h10-15,19,26H,3-9H2,1-2H3,(H,25,27). The van der Waals surface area contributed by atoms with Crippen molar-refractivity contribution in [3.05, 3.63) is 58.1 Å². The Morgan fingerprint density at radius 2 is 1.63 bits per heavy atom. The number of carbonyl (C=O) groups excluding carboxylic acids is 1. The number of rotatable bonds is 5. The summed E-state index contributed by atoms with van der Waals surface area (Å²) in [6.07, 6.45) is 7.76. The minimum Gasteiger partial charge on any atom is -0.349 e. The summed E-state index contributed by atoms with van der Waals surface area (Å²) < 4.78 is 28.6. The van der Waals surface area contributed by atoms with E-state index in [0.29, 0.717) is 11.3 Å². The first-order valence-corrected chi connectivity index (χ1v) is 12.3. The molecule has 2 aromatic rings. The zero-order valence-electron chi connectivity index (χ0n) is 17.5. The second-order valence-corrected chi connectivity index (χ2v) is 10.1. The summed E-state index contributed by atoms with van der Waals surface area (Å²) in [5, 5.41) is 3.15. The van der Waals surface area contributed by atoms with Crippen LogP contribution in [0.25, 0.3) is 0 Å². The largest absolute Gasteiger partial charge is 0.349 e. The number of benzene rings is 2. The molecule has 1 saturated carbocycles. The van der Waals surface area contributed by atoms with Gasteiger partial charge in [0.05, 0.1) is 10.7 Å². The minimum atomic E-state index is -3.94. The summed E-state index contributed by atoms with van der Waals surface area (Å²) in [6, 6.07) is 10.1. The van der Waals surface area contributed by atoms with Crippen molar-refractivity contribution in [1.82, 2.24) is 5.32 Å². The number of carbonyl (C=O) groups is 1. The fourth-order valence-corrected chi connectivity index (χ4v) is 5.41. The molecule has 2 N–H and O–H groups in total. The number of aryl methyl sites for hydroxylation is 2. The van der Waals surface area contributed by atoms with Crippen molar-refractivity contribution >= 4 is 33.2 Å². The number of anilines is 1. The van der Waals surface area contributed by atoms with E-state index in [1.165, 1.54) is 31.4 Å². The summed E-state index contributed by atoms with van der Waals surface area (Å²) in [5.74, 6) is -0.263. The quantitative estimate of drug-likeness (QED) is 0.625. The summed E-state index contributed by atoms with van der Waals surface area (Å²) >= 11 is 6.20. The molecule has 0 spiro atoms. The van der Waals surface area contributed by atoms with Gasteiger partial charge in [0.15, 0.2) is 0 Å². The molecule has 0 aromatic heterocycles. The minimum absolute atomic E-state index is 0.0790. The predicted molar refractivity (Wildman–Crippen MR) is 122 cm³/mol. The van der Waals surface area contributed by atoms with E-state index in [9.17, 15) is 13.2 Å². The molecule has 0 bridgehead atoms. The van der Waals surface area contributed by atoms with Gasteiger partial charge in [-0.15, -0.1) is 0 Å². The van der Waals surface area contributed by atoms with Crippen LogP contribution in [0.4, 0.5) is 5.69 Å². The Hall–Kier alpha value is -2.05. The molecule has 1 aliphatic rings. The Morgan fingerprint density at radius 3 is 2.33 bits per heavy atom. The van der Waals surface area contributed by atoms with Crippen molar-refractivity contribution in [2.24, 2.45) is 0 Å². The molecule has 162 valence electrons. The van der Waals surface area contributed by atoms with Gasteiger partial charge < -0.3 is 5.32 Å². The Morgan fingerprint density at radius 1 is 0.967 bits per heavy atom. The van der Waals surface area contributed by atoms with Crippen LogP contribution in [-0.4, -0.2) is 20.4 Å². The Labute approximate surface area is 184 Å². The second-order valence-electron chi connectivity index (χ2n) is 8.08. The third-order valence-electron chi connectivity index (χ3n) is 5.56. The Kier molecular flexibility index (Phi) is 7.42. The van der Waals surface area contributed by atoms with Crippen molar-refractivity contribution in [3.8, 4) is 0 Å². The van der Waals surface area contributed by atoms with E-state index < -0.39 is 10.0 Å². The third kappa shape index (κ3) is 5.76. The first-order valence-electron chi connectivity index (χ1n) is 10.5. The highest BCUT2D eigenvalue weighted by molar-refractivity contribution is 7.92. The van der Waals surface area contributed by atoms with E-state index in [1.54, 1.807) is 12.1 Å². The van der Waals surface area contributed by atoms with E-state index in [2.05, 4.69) is 10.0 Å². The van der Waals surface area contributed by atoms with Crippen molar-refractivity contribution in [1.29, 1.82) is 0 Å². The zero-order chi connectivity index (χ0) is 21.7. The van der Waals surface area contributed by atoms with Gasteiger partial charge in [-0.2, -0.15) is 0 Å². The maximum Gasteiger partial charge on any atom is 0.263 e. The summed E-state index contributed by atoms with van der Waals surface area (Å²) in [5.41, 5.74) is 2.54. The van der Waals surface area contributed by atoms with Gasteiger partial charge in [-0.1, -0.05) is 55.8 Å². The van der Waals surface area contributed by atoms with Crippen LogP contribution < -0.4 is 10.0 Å². The highest BCUT2D eigenvalue weighted by Crippen LogP contribution is 2.27. The van der Waals surface area contributed by atoms with Crippen LogP contribution in [0.5, 0.6) is 0 Å². The van der Waals surface area contributed by atoms with Gasteiger partial charge >= 0.3 is 0 Å². The molecule has 7 heteroatoms. The average Bonchev–Trinajstić information content (AvgIpc) is 2.66. The molecule has 0 aliphatic heterocycles. The molecule has 3 rings (SSSR count). The SMILES string of the molecule is Cc1ccc(C)c(NS(=O)(=O)c2cc(C(=O)NC3CCCCCCC3)ccc2Cl)c1. The fraction of sp³-hybridized carbons (Fsp3) is 0.435. The summed E-state index contributed by atoms with van der Waals surface area (Å²) in [7, 11) is -3.94. The van der Waals surface area contributed by atoms with E-state index in [-0.39, 0.29) is 21.9 Å². The number of amides is 1. The van der Waals surface area contributed by atoms with E-state index >= 15 is 0 Å². The monoisotopic (exact) mass is 448 g/mol. The molecule has 0 radical (unpaired) electrons. The Balaban J connectivity index is 1.81. The van der Waals surface area contributed by atoms with Crippen molar-refractivity contribution in [2.75, 3.05) is 4.72 Å². The lowest BCUT2D eigenvalue weighted by Crippen LogP contribution is -2.35. The van der Waals surface area contributed by atoms with Crippen LogP contribution in [0.3, 0.4) is 0 Å². The maximum absolute atomic E-state index is 13.0. The van der Waals surface area contributed by atoms with E-state index in [4.69, 9.17) is 11.6 Å². The lowest BCUT2D eigenvalue weighted by atomic mass is 9.96. The third-order valence-corrected chi connectivity index (χ3v) is 7.41. The normalized spacial score (nSPS) is 15.8. The van der Waals surface area contributed by atoms with Crippen molar-refractivity contribution in [2.45, 2.75) is 69.7 Å². The molecule has 30 heavy (non-hydrogen) atoms. The molecule has 0 unspecified atom stereocenters. The number of hydrogen-bond donors (Lipinski definition) is 2. The first kappa shape index (κ1) is 22.6. The van der Waals surface area contributed by atoms with Gasteiger partial charge in [0.1, 0.15) is 4.90 Å². The van der Waals surface area contributed by atoms with Crippen LogP contribution in [0.15, 0.2) is 41.3 Å². The van der Waals surface area contributed by atoms with Crippen LogP contribution in [0, 0.1) is 13.8 Å². The highest BCUT2D eigenvalue weighted by atomic mass is 35.5. The maximum atomic E-state index is 13.0. The highest BCUT2D eigenvalue weighted by Gasteiger charge is 2.22. The zero-order valence-corrected chi connectivity index (χ0v) is 19.1. The number of sulfonamides is 1. The molecule has 1 fully saturated rings. The lowest BCUT2D eigenvalue weighted by Gasteiger charge is -2.21. The van der Waals surface area contributed by atoms with E-state index in [1.807, 2.05) is 26.0 Å². The molecular formula is C23H29ClN2O3S. The molecule has 0 heterocycles. The van der Waals surface area contributed by atoms with E-state index in [0.717, 1.165) is 36.8 Å². The van der Waals surface area contributed by atoms with Crippen molar-refractivity contribution < 1.29 is 13.2 Å². The van der Waals surface area contributed by atoms with Crippen LogP contribution in [0.2, 0.25) is 5.02 Å². The van der Waals surface area contributed by atoms with Crippen molar-refractivity contribution in [3.63, 3.8) is 0 Å². The second kappa shape index (κ2) is 9.84. The summed E-state index contributed by atoms with van der Waals surface area (Å²) in [6.45, 7) is 3.72. The summed E-state index contributed by atoms with van der Waals surface area (Å²) in [4.78, 5) is 12.7. The molecule has 0 atom stereocenters. The predicted octanol–water partition coefficient (Wildman–Crippen LogP) is 5.60. The smallest absolute Gasteiger partial charge is 0.263 e. The molecular weight excluding hydrogens is 420 g/mol. The molecule has 1 amide bonds. The number of halogens is 1. The first-order chi connectivity index (χ1) is 14.3. The van der Waals surface area contributed by atoms with Gasteiger partial charge in [0, 0.05) is 11.6 Å². The van der Waals surface area contributed by atoms with Crippen LogP contribution in [-0.2, 0) is 10.0 Å². The molecule has 5 nitrogen and oxygen atoms in total. The lowest BCUT2D eigenvalue weighted by molar-refractivity contribution is 0.0930. The molecule has 0 saturated heterocycles. The number of hydrogen-bond acceptors (Lipinski definition) is 3. The van der Waals surface area contributed by atoms with Crippen LogP contribution >= 0.6 is 11.6 Å². The van der Waals surface area contributed by atoms with Gasteiger partial charge in [0.25, 0.3) is 15.9 Å². The van der Waals surface area contributed by atoms with Gasteiger partial charge in [-0.3, -0.25) is 9.52 Å². The fourth-order valence-electron chi connectivity index (χ4n) is 3.77.